The summed E-state index contributed by atoms with van der Waals surface area (Å²) in [5.74, 6) is -5.14. The molecule has 22 heavy (non-hydrogen) atoms. The zero-order valence-electron chi connectivity index (χ0n) is 11.9. The normalized spacial score (nSPS) is 32.2. The van der Waals surface area contributed by atoms with Crippen LogP contribution in [-0.2, 0) is 4.79 Å². The van der Waals surface area contributed by atoms with E-state index in [2.05, 4.69) is 0 Å². The van der Waals surface area contributed by atoms with Crippen molar-refractivity contribution in [3.63, 3.8) is 0 Å². The van der Waals surface area contributed by atoms with Crippen LogP contribution in [-0.4, -0.2) is 17.3 Å². The van der Waals surface area contributed by atoms with Gasteiger partial charge in [0.1, 0.15) is 5.82 Å². The van der Waals surface area contributed by atoms with Crippen LogP contribution < -0.4 is 0 Å². The van der Waals surface area contributed by atoms with Gasteiger partial charge in [0.2, 0.25) is 0 Å². The van der Waals surface area contributed by atoms with Gasteiger partial charge in [-0.1, -0.05) is 31.5 Å². The van der Waals surface area contributed by atoms with E-state index in [1.54, 1.807) is 0 Å². The first-order valence-electron chi connectivity index (χ1n) is 6.73. The molecule has 2 rings (SSSR count). The number of carbonyl (C=O) groups is 1. The van der Waals surface area contributed by atoms with E-state index >= 15 is 0 Å². The van der Waals surface area contributed by atoms with Crippen molar-refractivity contribution < 1.29 is 27.5 Å². The summed E-state index contributed by atoms with van der Waals surface area (Å²) in [5, 5.41) is 9.14. The largest absolute Gasteiger partial charge is 0.481 e. The van der Waals surface area contributed by atoms with Crippen LogP contribution in [0.2, 0.25) is 5.02 Å². The molecule has 2 nitrogen and oxygen atoms in total. The van der Waals surface area contributed by atoms with Gasteiger partial charge in [-0.25, -0.2) is 4.39 Å². The Hall–Kier alpha value is -1.30. The van der Waals surface area contributed by atoms with Crippen molar-refractivity contribution in [1.82, 2.24) is 0 Å². The SMILES string of the molecule is CC1C(C(=O)O)C(c2ccc(F)c(Cl)c2)CC1(C)C(F)(F)F. The molecular weight excluding hydrogens is 324 g/mol. The van der Waals surface area contributed by atoms with Crippen LogP contribution >= 0.6 is 11.6 Å². The first kappa shape index (κ1) is 17.1. The minimum absolute atomic E-state index is 0.227. The Morgan fingerprint density at radius 2 is 2.00 bits per heavy atom. The van der Waals surface area contributed by atoms with Gasteiger partial charge in [0.05, 0.1) is 16.4 Å². The molecule has 4 atom stereocenters. The Labute approximate surface area is 130 Å². The first-order valence-corrected chi connectivity index (χ1v) is 7.11. The predicted octanol–water partition coefficient (Wildman–Crippen LogP) is 4.87. The molecule has 1 aliphatic carbocycles. The fraction of sp³-hybridized carbons (Fsp3) is 0.533. The molecule has 1 saturated carbocycles. The standard InChI is InChI=1S/C15H15ClF4O2/c1-7-12(13(21)22)9(6-14(7,2)15(18,19)20)8-3-4-11(17)10(16)5-8/h3-5,7,9,12H,6H2,1-2H3,(H,21,22). The number of halogens is 5. The quantitative estimate of drug-likeness (QED) is 0.781. The predicted molar refractivity (Wildman–Crippen MR) is 73.2 cm³/mol. The van der Waals surface area contributed by atoms with E-state index in [0.717, 1.165) is 13.0 Å². The summed E-state index contributed by atoms with van der Waals surface area (Å²) in [5.41, 5.74) is -1.79. The number of rotatable bonds is 2. The molecule has 1 fully saturated rings. The van der Waals surface area contributed by atoms with Crippen LogP contribution in [0.3, 0.4) is 0 Å². The fourth-order valence-electron chi connectivity index (χ4n) is 3.34. The molecule has 1 aliphatic rings. The maximum absolute atomic E-state index is 13.4. The lowest BCUT2D eigenvalue weighted by Gasteiger charge is -2.32. The van der Waals surface area contributed by atoms with Gasteiger partial charge in [-0.05, 0) is 36.0 Å². The number of carboxylic acid groups (broad SMARTS) is 1. The third-order valence-electron chi connectivity index (χ3n) is 4.93. The van der Waals surface area contributed by atoms with Crippen LogP contribution in [0.5, 0.6) is 0 Å². The van der Waals surface area contributed by atoms with Gasteiger partial charge < -0.3 is 5.11 Å². The molecule has 0 radical (unpaired) electrons. The summed E-state index contributed by atoms with van der Waals surface area (Å²) in [6.07, 6.45) is -4.88. The van der Waals surface area contributed by atoms with E-state index in [1.807, 2.05) is 0 Å². The van der Waals surface area contributed by atoms with Crippen molar-refractivity contribution in [2.75, 3.05) is 0 Å². The number of alkyl halides is 3. The summed E-state index contributed by atoms with van der Waals surface area (Å²) in [4.78, 5) is 11.5. The number of aliphatic carboxylic acids is 1. The van der Waals surface area contributed by atoms with Gasteiger partial charge in [-0.2, -0.15) is 13.2 Å². The zero-order valence-corrected chi connectivity index (χ0v) is 12.7. The van der Waals surface area contributed by atoms with Gasteiger partial charge in [-0.15, -0.1) is 0 Å². The Morgan fingerprint density at radius 1 is 1.41 bits per heavy atom. The number of hydrogen-bond acceptors (Lipinski definition) is 1. The third-order valence-corrected chi connectivity index (χ3v) is 5.22. The number of carboxylic acids is 1. The lowest BCUT2D eigenvalue weighted by molar-refractivity contribution is -0.230. The second-order valence-corrected chi connectivity index (χ2v) is 6.46. The molecule has 0 heterocycles. The Morgan fingerprint density at radius 3 is 2.45 bits per heavy atom. The lowest BCUT2D eigenvalue weighted by atomic mass is 9.77. The molecule has 0 saturated heterocycles. The Kier molecular flexibility index (Phi) is 4.19. The minimum atomic E-state index is -4.52. The number of benzene rings is 1. The molecule has 0 amide bonds. The van der Waals surface area contributed by atoms with Crippen LogP contribution in [0.15, 0.2) is 18.2 Å². The second kappa shape index (κ2) is 5.41. The molecule has 122 valence electrons. The average molecular weight is 339 g/mol. The molecule has 1 N–H and O–H groups in total. The second-order valence-electron chi connectivity index (χ2n) is 6.05. The summed E-state index contributed by atoms with van der Waals surface area (Å²) < 4.78 is 53.4. The van der Waals surface area contributed by atoms with Crippen molar-refractivity contribution in [3.8, 4) is 0 Å². The van der Waals surface area contributed by atoms with Gasteiger partial charge >= 0.3 is 12.1 Å². The van der Waals surface area contributed by atoms with Crippen LogP contribution in [0.1, 0.15) is 31.7 Å². The zero-order chi connectivity index (χ0) is 16.9. The summed E-state index contributed by atoms with van der Waals surface area (Å²) in [6, 6.07) is 3.56. The van der Waals surface area contributed by atoms with Crippen LogP contribution in [0, 0.1) is 23.1 Å². The molecule has 0 aliphatic heterocycles. The van der Waals surface area contributed by atoms with Crippen LogP contribution in [0.4, 0.5) is 17.6 Å². The monoisotopic (exact) mass is 338 g/mol. The summed E-state index contributed by atoms with van der Waals surface area (Å²) in [6.45, 7) is 2.34. The smallest absolute Gasteiger partial charge is 0.394 e. The van der Waals surface area contributed by atoms with Gasteiger partial charge in [-0.3, -0.25) is 4.79 Å². The van der Waals surface area contributed by atoms with E-state index in [0.29, 0.717) is 5.56 Å². The van der Waals surface area contributed by atoms with Gasteiger partial charge in [0.15, 0.2) is 0 Å². The highest BCUT2D eigenvalue weighted by molar-refractivity contribution is 6.30. The van der Waals surface area contributed by atoms with Gasteiger partial charge in [0.25, 0.3) is 0 Å². The molecule has 7 heteroatoms. The Balaban J connectivity index is 2.50. The van der Waals surface area contributed by atoms with E-state index in [1.165, 1.54) is 19.1 Å². The molecule has 1 aromatic rings. The molecule has 0 bridgehead atoms. The maximum atomic E-state index is 13.4. The molecule has 0 spiro atoms. The first-order chi connectivity index (χ1) is 9.99. The minimum Gasteiger partial charge on any atom is -0.481 e. The van der Waals surface area contributed by atoms with Crippen molar-refractivity contribution in [3.05, 3.63) is 34.6 Å². The average Bonchev–Trinajstić information content (AvgIpc) is 2.66. The van der Waals surface area contributed by atoms with Crippen molar-refractivity contribution in [2.45, 2.75) is 32.4 Å². The fourth-order valence-corrected chi connectivity index (χ4v) is 3.53. The van der Waals surface area contributed by atoms with E-state index < -0.39 is 41.1 Å². The summed E-state index contributed by atoms with van der Waals surface area (Å²) in [7, 11) is 0. The number of hydrogen-bond donors (Lipinski definition) is 1. The van der Waals surface area contributed by atoms with Crippen molar-refractivity contribution in [2.24, 2.45) is 17.3 Å². The highest BCUT2D eigenvalue weighted by atomic mass is 35.5. The lowest BCUT2D eigenvalue weighted by Crippen LogP contribution is -2.39. The topological polar surface area (TPSA) is 37.3 Å². The molecule has 4 unspecified atom stereocenters. The van der Waals surface area contributed by atoms with Crippen LogP contribution in [0.25, 0.3) is 0 Å². The van der Waals surface area contributed by atoms with E-state index in [4.69, 9.17) is 11.6 Å². The van der Waals surface area contributed by atoms with Crippen molar-refractivity contribution >= 4 is 17.6 Å². The maximum Gasteiger partial charge on any atom is 0.394 e. The van der Waals surface area contributed by atoms with E-state index in [-0.39, 0.29) is 11.4 Å². The highest BCUT2D eigenvalue weighted by Gasteiger charge is 2.63. The molecule has 1 aromatic carbocycles. The summed E-state index contributed by atoms with van der Waals surface area (Å²) >= 11 is 5.67. The van der Waals surface area contributed by atoms with Gasteiger partial charge in [0, 0.05) is 0 Å². The van der Waals surface area contributed by atoms with E-state index in [9.17, 15) is 27.5 Å². The molecule has 0 aromatic heterocycles. The molecular formula is C15H15ClF4O2. The highest BCUT2D eigenvalue weighted by Crippen LogP contribution is 2.60. The van der Waals surface area contributed by atoms with Crippen molar-refractivity contribution in [1.29, 1.82) is 0 Å². The third kappa shape index (κ3) is 2.57. The Bertz CT molecular complexity index is 602.